The highest BCUT2D eigenvalue weighted by molar-refractivity contribution is 7.89. The Bertz CT molecular complexity index is 767. The van der Waals surface area contributed by atoms with Crippen LogP contribution in [-0.2, 0) is 10.0 Å². The number of sulfonamides is 1. The van der Waals surface area contributed by atoms with Gasteiger partial charge in [-0.3, -0.25) is 0 Å². The summed E-state index contributed by atoms with van der Waals surface area (Å²) >= 11 is 0. The summed E-state index contributed by atoms with van der Waals surface area (Å²) in [7, 11) is -3.45. The molecule has 0 bridgehead atoms. The van der Waals surface area contributed by atoms with Gasteiger partial charge >= 0.3 is 6.01 Å². The van der Waals surface area contributed by atoms with Gasteiger partial charge in [-0.25, -0.2) is 13.1 Å². The van der Waals surface area contributed by atoms with Crippen LogP contribution in [0.5, 0.6) is 0 Å². The zero-order valence-electron chi connectivity index (χ0n) is 13.7. The molecule has 0 unspecified atom stereocenters. The second-order valence-corrected chi connectivity index (χ2v) is 7.83. The second-order valence-electron chi connectivity index (χ2n) is 6.06. The topological polar surface area (TPSA) is 97.1 Å². The van der Waals surface area contributed by atoms with Gasteiger partial charge in [0, 0.05) is 19.0 Å². The van der Waals surface area contributed by atoms with Crippen LogP contribution in [-0.4, -0.2) is 31.7 Å². The van der Waals surface area contributed by atoms with E-state index in [0.29, 0.717) is 37.3 Å². The third-order valence-electron chi connectivity index (χ3n) is 4.15. The van der Waals surface area contributed by atoms with Crippen molar-refractivity contribution in [1.29, 1.82) is 0 Å². The normalized spacial score (nSPS) is 15.2. The standard InChI is InChI=1S/C16H22N4O3S/c1-12-6-8-14(9-7-12)24(21,22)18-11-3-10-17-16-20-19-15(23-16)13-4-2-5-13/h6-9,13,18H,2-5,10-11H2,1H3,(H,17,20). The van der Waals surface area contributed by atoms with Crippen molar-refractivity contribution in [2.45, 2.75) is 43.4 Å². The van der Waals surface area contributed by atoms with Gasteiger partial charge in [0.25, 0.3) is 0 Å². The lowest BCUT2D eigenvalue weighted by atomic mass is 9.85. The number of hydrogen-bond acceptors (Lipinski definition) is 6. The first-order valence-corrected chi connectivity index (χ1v) is 9.66. The maximum atomic E-state index is 12.1. The lowest BCUT2D eigenvalue weighted by Gasteiger charge is -2.20. The molecule has 1 fully saturated rings. The second kappa shape index (κ2) is 7.31. The Kier molecular flexibility index (Phi) is 5.15. The molecule has 0 radical (unpaired) electrons. The van der Waals surface area contributed by atoms with Gasteiger partial charge in [0.15, 0.2) is 0 Å². The molecule has 0 amide bonds. The van der Waals surface area contributed by atoms with Crippen molar-refractivity contribution in [3.05, 3.63) is 35.7 Å². The van der Waals surface area contributed by atoms with Crippen LogP contribution in [0.1, 0.15) is 43.1 Å². The highest BCUT2D eigenvalue weighted by atomic mass is 32.2. The zero-order valence-corrected chi connectivity index (χ0v) is 14.5. The molecule has 130 valence electrons. The average molecular weight is 350 g/mol. The number of benzene rings is 1. The molecule has 0 aliphatic heterocycles. The monoisotopic (exact) mass is 350 g/mol. The van der Waals surface area contributed by atoms with Crippen LogP contribution in [0.3, 0.4) is 0 Å². The summed E-state index contributed by atoms with van der Waals surface area (Å²) in [5.74, 6) is 1.11. The molecule has 0 atom stereocenters. The van der Waals surface area contributed by atoms with E-state index in [1.807, 2.05) is 6.92 Å². The third kappa shape index (κ3) is 4.12. The number of aryl methyl sites for hydroxylation is 1. The van der Waals surface area contributed by atoms with Crippen LogP contribution in [0.4, 0.5) is 6.01 Å². The maximum Gasteiger partial charge on any atom is 0.315 e. The van der Waals surface area contributed by atoms with E-state index < -0.39 is 10.0 Å². The predicted octanol–water partition coefficient (Wildman–Crippen LogP) is 2.43. The van der Waals surface area contributed by atoms with Gasteiger partial charge < -0.3 is 9.73 Å². The lowest BCUT2D eigenvalue weighted by Crippen LogP contribution is -2.26. The minimum absolute atomic E-state index is 0.281. The van der Waals surface area contributed by atoms with Gasteiger partial charge in [-0.05, 0) is 38.3 Å². The molecule has 2 aromatic rings. The SMILES string of the molecule is Cc1ccc(S(=O)(=O)NCCCNc2nnc(C3CCC3)o2)cc1. The Hall–Kier alpha value is -1.93. The molecule has 1 aromatic carbocycles. The summed E-state index contributed by atoms with van der Waals surface area (Å²) in [6.45, 7) is 2.82. The predicted molar refractivity (Wildman–Crippen MR) is 90.4 cm³/mol. The van der Waals surface area contributed by atoms with E-state index in [2.05, 4.69) is 20.2 Å². The number of aromatic nitrogens is 2. The molecule has 24 heavy (non-hydrogen) atoms. The van der Waals surface area contributed by atoms with Crippen LogP contribution in [0.25, 0.3) is 0 Å². The smallest absolute Gasteiger partial charge is 0.315 e. The Morgan fingerprint density at radius 3 is 2.58 bits per heavy atom. The molecule has 0 saturated heterocycles. The van der Waals surface area contributed by atoms with E-state index in [1.165, 1.54) is 6.42 Å². The van der Waals surface area contributed by atoms with E-state index in [4.69, 9.17) is 4.42 Å². The van der Waals surface area contributed by atoms with E-state index in [9.17, 15) is 8.42 Å². The molecule has 2 N–H and O–H groups in total. The number of rotatable bonds is 8. The zero-order chi connectivity index (χ0) is 17.0. The summed E-state index contributed by atoms with van der Waals surface area (Å²) in [6.07, 6.45) is 4.06. The van der Waals surface area contributed by atoms with Crippen molar-refractivity contribution < 1.29 is 12.8 Å². The van der Waals surface area contributed by atoms with Gasteiger partial charge in [0.1, 0.15) is 0 Å². The van der Waals surface area contributed by atoms with E-state index >= 15 is 0 Å². The molecule has 1 aromatic heterocycles. The largest absolute Gasteiger partial charge is 0.408 e. The third-order valence-corrected chi connectivity index (χ3v) is 5.63. The van der Waals surface area contributed by atoms with Crippen LogP contribution in [0.15, 0.2) is 33.6 Å². The minimum atomic E-state index is -3.45. The van der Waals surface area contributed by atoms with Gasteiger partial charge in [0.2, 0.25) is 15.9 Å². The fourth-order valence-electron chi connectivity index (χ4n) is 2.42. The first-order valence-electron chi connectivity index (χ1n) is 8.18. The highest BCUT2D eigenvalue weighted by Gasteiger charge is 2.25. The van der Waals surface area contributed by atoms with Crippen molar-refractivity contribution in [1.82, 2.24) is 14.9 Å². The molecule has 8 heteroatoms. The number of anilines is 1. The fourth-order valence-corrected chi connectivity index (χ4v) is 3.49. The fraction of sp³-hybridized carbons (Fsp3) is 0.500. The van der Waals surface area contributed by atoms with Crippen LogP contribution in [0, 0.1) is 6.92 Å². The Morgan fingerprint density at radius 1 is 1.17 bits per heavy atom. The number of nitrogens with one attached hydrogen (secondary N) is 2. The minimum Gasteiger partial charge on any atom is -0.408 e. The summed E-state index contributed by atoms with van der Waals surface area (Å²) in [5, 5.41) is 11.0. The number of hydrogen-bond donors (Lipinski definition) is 2. The Balaban J connectivity index is 1.40. The molecule has 7 nitrogen and oxygen atoms in total. The van der Waals surface area contributed by atoms with Crippen molar-refractivity contribution in [3.8, 4) is 0 Å². The molecule has 1 heterocycles. The van der Waals surface area contributed by atoms with Gasteiger partial charge in [-0.2, -0.15) is 0 Å². The van der Waals surface area contributed by atoms with Gasteiger partial charge in [0.05, 0.1) is 4.90 Å². The van der Waals surface area contributed by atoms with Crippen LogP contribution < -0.4 is 10.0 Å². The van der Waals surface area contributed by atoms with Crippen molar-refractivity contribution in [2.24, 2.45) is 0 Å². The van der Waals surface area contributed by atoms with Crippen LogP contribution >= 0.6 is 0 Å². The molecule has 1 aliphatic carbocycles. The van der Waals surface area contributed by atoms with Crippen molar-refractivity contribution >= 4 is 16.0 Å². The molecule has 3 rings (SSSR count). The van der Waals surface area contributed by atoms with E-state index in [-0.39, 0.29) is 4.90 Å². The molecule has 1 aliphatic rings. The lowest BCUT2D eigenvalue weighted by molar-refractivity contribution is 0.338. The Morgan fingerprint density at radius 2 is 1.92 bits per heavy atom. The molecular formula is C16H22N4O3S. The molecular weight excluding hydrogens is 328 g/mol. The van der Waals surface area contributed by atoms with Crippen LogP contribution in [0.2, 0.25) is 0 Å². The maximum absolute atomic E-state index is 12.1. The molecule has 1 saturated carbocycles. The summed E-state index contributed by atoms with van der Waals surface area (Å²) in [4.78, 5) is 0.281. The summed E-state index contributed by atoms with van der Waals surface area (Å²) in [6, 6.07) is 7.18. The number of nitrogens with zero attached hydrogens (tertiary/aromatic N) is 2. The van der Waals surface area contributed by atoms with E-state index in [1.54, 1.807) is 24.3 Å². The first kappa shape index (κ1) is 16.9. The van der Waals surface area contributed by atoms with Gasteiger partial charge in [-0.15, -0.1) is 5.10 Å². The van der Waals surface area contributed by atoms with E-state index in [0.717, 1.165) is 18.4 Å². The van der Waals surface area contributed by atoms with Gasteiger partial charge in [-0.1, -0.05) is 29.2 Å². The summed E-state index contributed by atoms with van der Waals surface area (Å²) in [5.41, 5.74) is 1.03. The van der Waals surface area contributed by atoms with Crippen molar-refractivity contribution in [3.63, 3.8) is 0 Å². The highest BCUT2D eigenvalue weighted by Crippen LogP contribution is 2.35. The Labute approximate surface area is 141 Å². The quantitative estimate of drug-likeness (QED) is 0.710. The first-order chi connectivity index (χ1) is 11.5. The average Bonchev–Trinajstić information content (AvgIpc) is 2.94. The van der Waals surface area contributed by atoms with Crippen molar-refractivity contribution in [2.75, 3.05) is 18.4 Å². The molecule has 0 spiro atoms. The summed E-state index contributed by atoms with van der Waals surface area (Å²) < 4.78 is 32.4.